The monoisotopic (exact) mass is 332 g/mol. The number of benzene rings is 2. The Morgan fingerprint density at radius 1 is 0.750 bits per heavy atom. The maximum atomic E-state index is 10.2. The van der Waals surface area contributed by atoms with E-state index in [1.165, 1.54) is 0 Å². The number of aldehydes is 1. The van der Waals surface area contributed by atoms with Gasteiger partial charge in [0, 0.05) is 15.5 Å². The van der Waals surface area contributed by atoms with Gasteiger partial charge in [-0.3, -0.25) is 4.79 Å². The Balaban J connectivity index is 0. The molecule has 128 valence electrons. The number of rotatable bonds is 4. The third-order valence-corrected chi connectivity index (χ3v) is 2.60. The molecule has 0 aliphatic rings. The summed E-state index contributed by atoms with van der Waals surface area (Å²) in [6.45, 7) is 5.65. The van der Waals surface area contributed by atoms with Gasteiger partial charge in [0.25, 0.3) is 0 Å². The Morgan fingerprint density at radius 2 is 1.08 bits per heavy atom. The molecular formula is C18H20O6. The Kier molecular flexibility index (Phi) is 15.4. The van der Waals surface area contributed by atoms with Gasteiger partial charge in [-0.25, -0.2) is 0 Å². The Bertz CT molecular complexity index is 510. The lowest BCUT2D eigenvalue weighted by Crippen LogP contribution is -1.82. The van der Waals surface area contributed by atoms with Crippen LogP contribution in [0.5, 0.6) is 11.5 Å². The van der Waals surface area contributed by atoms with Crippen LogP contribution < -0.4 is 9.47 Å². The van der Waals surface area contributed by atoms with Crippen molar-refractivity contribution >= 4 is 19.2 Å². The first-order valence-corrected chi connectivity index (χ1v) is 6.54. The number of ether oxygens (including phenoxy) is 2. The summed E-state index contributed by atoms with van der Waals surface area (Å²) in [5.41, 5.74) is 1.78. The lowest BCUT2D eigenvalue weighted by molar-refractivity contribution is -0.0980. The molecule has 0 saturated carbocycles. The van der Waals surface area contributed by atoms with Crippen LogP contribution in [0.4, 0.5) is 0 Å². The van der Waals surface area contributed by atoms with Gasteiger partial charge in [-0.1, -0.05) is 24.8 Å². The topological polar surface area (TPSA) is 86.7 Å². The fourth-order valence-electron chi connectivity index (χ4n) is 1.42. The molecule has 0 aliphatic carbocycles. The Morgan fingerprint density at radius 3 is 1.33 bits per heavy atom. The maximum Gasteiger partial charge on any atom is 0.150 e. The van der Waals surface area contributed by atoms with E-state index in [9.17, 15) is 4.79 Å². The van der Waals surface area contributed by atoms with Gasteiger partial charge in [0.2, 0.25) is 0 Å². The lowest BCUT2D eigenvalue weighted by Gasteiger charge is -1.97. The predicted octanol–water partition coefficient (Wildman–Crippen LogP) is 3.73. The first-order valence-electron chi connectivity index (χ1n) is 6.54. The number of carbonyl (C=O) groups excluding carboxylic acids is 2. The molecule has 24 heavy (non-hydrogen) atoms. The van der Waals surface area contributed by atoms with Crippen LogP contribution in [-0.4, -0.2) is 27.3 Å². The van der Waals surface area contributed by atoms with E-state index in [1.54, 1.807) is 44.6 Å². The summed E-state index contributed by atoms with van der Waals surface area (Å²) in [6, 6.07) is 14.7. The highest BCUT2D eigenvalue weighted by molar-refractivity contribution is 5.74. The molecule has 0 radical (unpaired) electrons. The fourth-order valence-corrected chi connectivity index (χ4v) is 1.42. The van der Waals surface area contributed by atoms with E-state index in [-0.39, 0.29) is 0 Å². The zero-order valence-electron chi connectivity index (χ0n) is 13.6. The minimum atomic E-state index is 0.667. The summed E-state index contributed by atoms with van der Waals surface area (Å²) in [5, 5.41) is 0. The molecule has 6 nitrogen and oxygen atoms in total. The van der Waals surface area contributed by atoms with E-state index in [1.807, 2.05) is 31.1 Å². The van der Waals surface area contributed by atoms with Gasteiger partial charge < -0.3 is 14.3 Å². The van der Waals surface area contributed by atoms with Crippen molar-refractivity contribution in [3.05, 3.63) is 76.2 Å². The van der Waals surface area contributed by atoms with Gasteiger partial charge in [-0.15, -0.1) is 0 Å². The minimum absolute atomic E-state index is 0.667. The summed E-state index contributed by atoms with van der Waals surface area (Å²) in [7, 11) is 3.25. The first-order chi connectivity index (χ1) is 11.7. The zero-order chi connectivity index (χ0) is 18.8. The SMILES string of the molecule is C=Cc1ccc(OC)cc1.C=O.COc1ccc(C=O)cc1.O=O. The van der Waals surface area contributed by atoms with Gasteiger partial charge in [-0.2, -0.15) is 0 Å². The summed E-state index contributed by atoms with van der Waals surface area (Å²) in [4.78, 5) is 32.2. The van der Waals surface area contributed by atoms with Crippen LogP contribution in [0.15, 0.2) is 55.1 Å². The standard InChI is InChI=1S/C9H10O.C8H8O2.CH2O.O2/c1-3-8-4-6-9(10-2)7-5-8;1-10-8-4-2-7(6-9)3-5-8;2*1-2/h3-7H,1H2,2H3;2-6H,1H3;1H2;. The molecule has 0 aliphatic heterocycles. The van der Waals surface area contributed by atoms with Crippen molar-refractivity contribution < 1.29 is 19.1 Å². The van der Waals surface area contributed by atoms with E-state index in [0.717, 1.165) is 23.3 Å². The van der Waals surface area contributed by atoms with E-state index in [2.05, 4.69) is 6.58 Å². The van der Waals surface area contributed by atoms with Crippen molar-refractivity contribution in [1.82, 2.24) is 0 Å². The maximum absolute atomic E-state index is 10.2. The summed E-state index contributed by atoms with van der Waals surface area (Å²) in [5.74, 6) is 1.65. The molecule has 0 saturated heterocycles. The van der Waals surface area contributed by atoms with E-state index in [4.69, 9.17) is 24.2 Å². The molecule has 2 aromatic rings. The molecule has 0 atom stereocenters. The molecule has 0 spiro atoms. The second kappa shape index (κ2) is 16.1. The summed E-state index contributed by atoms with van der Waals surface area (Å²) < 4.78 is 9.88. The molecule has 0 bridgehead atoms. The van der Waals surface area contributed by atoms with Gasteiger partial charge >= 0.3 is 0 Å². The van der Waals surface area contributed by atoms with E-state index < -0.39 is 0 Å². The van der Waals surface area contributed by atoms with Crippen molar-refractivity contribution in [2.24, 2.45) is 0 Å². The Hall–Kier alpha value is -3.28. The van der Waals surface area contributed by atoms with Crippen LogP contribution in [0.3, 0.4) is 0 Å². The van der Waals surface area contributed by atoms with Crippen LogP contribution in [-0.2, 0) is 4.79 Å². The lowest BCUT2D eigenvalue weighted by atomic mass is 10.2. The van der Waals surface area contributed by atoms with Crippen LogP contribution in [0.25, 0.3) is 6.08 Å². The number of carbonyl (C=O) groups is 2. The van der Waals surface area contributed by atoms with Crippen LogP contribution in [0.1, 0.15) is 15.9 Å². The minimum Gasteiger partial charge on any atom is -0.497 e. The molecule has 0 N–H and O–H groups in total. The van der Waals surface area contributed by atoms with Crippen LogP contribution >= 0.6 is 0 Å². The Labute approximate surface area is 140 Å². The summed E-state index contributed by atoms with van der Waals surface area (Å²) >= 11 is 0. The quantitative estimate of drug-likeness (QED) is 0.793. The third kappa shape index (κ3) is 9.62. The highest BCUT2D eigenvalue weighted by Gasteiger charge is 1.89. The number of hydrogen-bond acceptors (Lipinski definition) is 6. The van der Waals surface area contributed by atoms with Crippen molar-refractivity contribution in [1.29, 1.82) is 0 Å². The van der Waals surface area contributed by atoms with Crippen LogP contribution in [0.2, 0.25) is 0 Å². The molecule has 6 heteroatoms. The summed E-state index contributed by atoms with van der Waals surface area (Å²) in [6.07, 6.45) is 2.61. The molecule has 0 fully saturated rings. The van der Waals surface area contributed by atoms with E-state index in [0.29, 0.717) is 5.56 Å². The average Bonchev–Trinajstić information content (AvgIpc) is 2.71. The van der Waals surface area contributed by atoms with Gasteiger partial charge in [-0.05, 0) is 42.0 Å². The predicted molar refractivity (Wildman–Crippen MR) is 95.3 cm³/mol. The molecular weight excluding hydrogens is 312 g/mol. The van der Waals surface area contributed by atoms with E-state index >= 15 is 0 Å². The largest absolute Gasteiger partial charge is 0.497 e. The highest BCUT2D eigenvalue weighted by atomic mass is 16.7. The third-order valence-electron chi connectivity index (χ3n) is 2.60. The normalized spacial score (nSPS) is 7.75. The molecule has 2 rings (SSSR count). The molecule has 0 aromatic heterocycles. The zero-order valence-corrected chi connectivity index (χ0v) is 13.6. The van der Waals surface area contributed by atoms with Gasteiger partial charge in [0.05, 0.1) is 14.2 Å². The van der Waals surface area contributed by atoms with Crippen LogP contribution in [0, 0.1) is 9.93 Å². The number of methoxy groups -OCH3 is 2. The fraction of sp³-hybridized carbons (Fsp3) is 0.111. The van der Waals surface area contributed by atoms with Crippen molar-refractivity contribution in [3.8, 4) is 11.5 Å². The smallest absolute Gasteiger partial charge is 0.150 e. The molecule has 2 aromatic carbocycles. The van der Waals surface area contributed by atoms with Crippen molar-refractivity contribution in [2.45, 2.75) is 0 Å². The van der Waals surface area contributed by atoms with Gasteiger partial charge in [0.15, 0.2) is 0 Å². The second-order valence-electron chi connectivity index (χ2n) is 3.87. The van der Waals surface area contributed by atoms with Gasteiger partial charge in [0.1, 0.15) is 24.6 Å². The van der Waals surface area contributed by atoms with Crippen molar-refractivity contribution in [2.75, 3.05) is 14.2 Å². The molecule has 0 heterocycles. The second-order valence-corrected chi connectivity index (χ2v) is 3.87. The first kappa shape index (κ1) is 23.0. The molecule has 0 unspecified atom stereocenters. The van der Waals surface area contributed by atoms with Crippen molar-refractivity contribution in [3.63, 3.8) is 0 Å². The number of hydrogen-bond donors (Lipinski definition) is 0. The highest BCUT2D eigenvalue weighted by Crippen LogP contribution is 2.11. The molecule has 0 amide bonds. The average molecular weight is 332 g/mol.